The SMILES string of the molecule is CC(NC(=O)NC1CCOCC1)c1ccc(Cl)s1. The van der Waals surface area contributed by atoms with Gasteiger partial charge in [0, 0.05) is 24.1 Å². The highest BCUT2D eigenvalue weighted by atomic mass is 35.5. The first kappa shape index (κ1) is 13.6. The molecule has 0 spiro atoms. The van der Waals surface area contributed by atoms with Crippen molar-refractivity contribution in [1.29, 1.82) is 0 Å². The van der Waals surface area contributed by atoms with Crippen LogP contribution in [0.25, 0.3) is 0 Å². The molecule has 18 heavy (non-hydrogen) atoms. The molecule has 2 amide bonds. The number of nitrogens with one attached hydrogen (secondary N) is 2. The Morgan fingerprint density at radius 1 is 1.50 bits per heavy atom. The van der Waals surface area contributed by atoms with Crippen molar-refractivity contribution in [1.82, 2.24) is 10.6 Å². The molecule has 4 nitrogen and oxygen atoms in total. The summed E-state index contributed by atoms with van der Waals surface area (Å²) in [6.07, 6.45) is 1.76. The summed E-state index contributed by atoms with van der Waals surface area (Å²) in [7, 11) is 0. The Bertz CT molecular complexity index is 405. The van der Waals surface area contributed by atoms with E-state index in [-0.39, 0.29) is 18.1 Å². The van der Waals surface area contributed by atoms with Crippen molar-refractivity contribution in [3.8, 4) is 0 Å². The molecule has 1 aliphatic rings. The van der Waals surface area contributed by atoms with Gasteiger partial charge in [-0.3, -0.25) is 0 Å². The fourth-order valence-electron chi connectivity index (χ4n) is 1.90. The van der Waals surface area contributed by atoms with E-state index in [0.29, 0.717) is 0 Å². The van der Waals surface area contributed by atoms with Crippen molar-refractivity contribution in [3.63, 3.8) is 0 Å². The fourth-order valence-corrected chi connectivity index (χ4v) is 2.96. The zero-order chi connectivity index (χ0) is 13.0. The average molecular weight is 289 g/mol. The third-order valence-corrected chi connectivity index (χ3v) is 4.34. The van der Waals surface area contributed by atoms with Crippen LogP contribution in [-0.4, -0.2) is 25.3 Å². The molecule has 1 fully saturated rings. The number of carbonyl (C=O) groups is 1. The lowest BCUT2D eigenvalue weighted by atomic mass is 10.1. The molecule has 6 heteroatoms. The van der Waals surface area contributed by atoms with Gasteiger partial charge >= 0.3 is 6.03 Å². The molecule has 1 aromatic rings. The van der Waals surface area contributed by atoms with Crippen LogP contribution < -0.4 is 10.6 Å². The third kappa shape index (κ3) is 3.86. The van der Waals surface area contributed by atoms with Gasteiger partial charge in [-0.2, -0.15) is 0 Å². The van der Waals surface area contributed by atoms with Crippen LogP contribution in [0.1, 0.15) is 30.7 Å². The van der Waals surface area contributed by atoms with Gasteiger partial charge in [0.15, 0.2) is 0 Å². The number of carbonyl (C=O) groups excluding carboxylic acids is 1. The Balaban J connectivity index is 1.79. The first-order valence-corrected chi connectivity index (χ1v) is 7.24. The number of rotatable bonds is 3. The summed E-state index contributed by atoms with van der Waals surface area (Å²) in [6, 6.07) is 3.85. The highest BCUT2D eigenvalue weighted by Gasteiger charge is 2.17. The highest BCUT2D eigenvalue weighted by molar-refractivity contribution is 7.16. The molecule has 2 N–H and O–H groups in total. The van der Waals surface area contributed by atoms with E-state index in [4.69, 9.17) is 16.3 Å². The van der Waals surface area contributed by atoms with E-state index in [0.717, 1.165) is 35.3 Å². The number of hydrogen-bond donors (Lipinski definition) is 2. The van der Waals surface area contributed by atoms with Crippen LogP contribution in [0.3, 0.4) is 0 Å². The van der Waals surface area contributed by atoms with E-state index >= 15 is 0 Å². The molecule has 0 aromatic carbocycles. The number of hydrogen-bond acceptors (Lipinski definition) is 3. The van der Waals surface area contributed by atoms with Crippen molar-refractivity contribution in [3.05, 3.63) is 21.3 Å². The van der Waals surface area contributed by atoms with Crippen molar-refractivity contribution in [2.45, 2.75) is 31.8 Å². The van der Waals surface area contributed by atoms with Crippen molar-refractivity contribution < 1.29 is 9.53 Å². The van der Waals surface area contributed by atoms with Crippen LogP contribution in [0.2, 0.25) is 4.34 Å². The molecule has 0 radical (unpaired) electrons. The van der Waals surface area contributed by atoms with Crippen LogP contribution in [-0.2, 0) is 4.74 Å². The van der Waals surface area contributed by atoms with Crippen LogP contribution in [0.5, 0.6) is 0 Å². The van der Waals surface area contributed by atoms with Gasteiger partial charge in [0.1, 0.15) is 0 Å². The fraction of sp³-hybridized carbons (Fsp3) is 0.583. The van der Waals surface area contributed by atoms with Gasteiger partial charge in [-0.05, 0) is 31.9 Å². The minimum Gasteiger partial charge on any atom is -0.381 e. The van der Waals surface area contributed by atoms with Crippen LogP contribution in [0.4, 0.5) is 4.79 Å². The summed E-state index contributed by atoms with van der Waals surface area (Å²) in [5, 5.41) is 5.89. The minimum absolute atomic E-state index is 0.0256. The summed E-state index contributed by atoms with van der Waals surface area (Å²) < 4.78 is 5.99. The smallest absolute Gasteiger partial charge is 0.315 e. The maximum atomic E-state index is 11.8. The van der Waals surface area contributed by atoms with Crippen LogP contribution >= 0.6 is 22.9 Å². The third-order valence-electron chi connectivity index (χ3n) is 2.92. The van der Waals surface area contributed by atoms with E-state index in [9.17, 15) is 4.79 Å². The molecule has 0 saturated carbocycles. The number of ether oxygens (including phenoxy) is 1. The topological polar surface area (TPSA) is 50.4 Å². The van der Waals surface area contributed by atoms with Gasteiger partial charge in [-0.1, -0.05) is 11.6 Å². The molecule has 1 aromatic heterocycles. The molecule has 1 saturated heterocycles. The average Bonchev–Trinajstić information content (AvgIpc) is 2.77. The summed E-state index contributed by atoms with van der Waals surface area (Å²) in [4.78, 5) is 12.9. The zero-order valence-electron chi connectivity index (χ0n) is 10.2. The van der Waals surface area contributed by atoms with Gasteiger partial charge in [0.25, 0.3) is 0 Å². The van der Waals surface area contributed by atoms with Crippen LogP contribution in [0, 0.1) is 0 Å². The van der Waals surface area contributed by atoms with E-state index in [1.54, 1.807) is 0 Å². The molecular weight excluding hydrogens is 272 g/mol. The molecule has 0 aliphatic carbocycles. The molecule has 2 rings (SSSR count). The summed E-state index contributed by atoms with van der Waals surface area (Å²) in [5.41, 5.74) is 0. The van der Waals surface area contributed by atoms with Gasteiger partial charge in [-0.15, -0.1) is 11.3 Å². The Morgan fingerprint density at radius 2 is 2.22 bits per heavy atom. The first-order chi connectivity index (χ1) is 8.65. The summed E-state index contributed by atoms with van der Waals surface area (Å²) in [5.74, 6) is 0. The number of urea groups is 1. The molecule has 100 valence electrons. The second-order valence-corrected chi connectivity index (χ2v) is 6.11. The quantitative estimate of drug-likeness (QED) is 0.898. The molecule has 0 bridgehead atoms. The van der Waals surface area contributed by atoms with Gasteiger partial charge < -0.3 is 15.4 Å². The Morgan fingerprint density at radius 3 is 2.83 bits per heavy atom. The van der Waals surface area contributed by atoms with E-state index in [1.807, 2.05) is 19.1 Å². The van der Waals surface area contributed by atoms with E-state index in [1.165, 1.54) is 11.3 Å². The van der Waals surface area contributed by atoms with Gasteiger partial charge in [0.2, 0.25) is 0 Å². The lowest BCUT2D eigenvalue weighted by Gasteiger charge is -2.24. The van der Waals surface area contributed by atoms with Crippen molar-refractivity contribution >= 4 is 29.0 Å². The second kappa shape index (κ2) is 6.41. The van der Waals surface area contributed by atoms with Crippen LogP contribution in [0.15, 0.2) is 12.1 Å². The zero-order valence-corrected chi connectivity index (χ0v) is 11.8. The standard InChI is InChI=1S/C12H17ClN2O2S/c1-8(10-2-3-11(13)18-10)14-12(16)15-9-4-6-17-7-5-9/h2-3,8-9H,4-7H2,1H3,(H2,14,15,16). The predicted octanol–water partition coefficient (Wildman–Crippen LogP) is 2.94. The monoisotopic (exact) mass is 288 g/mol. The normalized spacial score (nSPS) is 18.3. The Kier molecular flexibility index (Phi) is 4.86. The molecule has 1 atom stereocenters. The van der Waals surface area contributed by atoms with E-state index in [2.05, 4.69) is 10.6 Å². The Hall–Kier alpha value is -0.780. The maximum Gasteiger partial charge on any atom is 0.315 e. The van der Waals surface area contributed by atoms with E-state index < -0.39 is 0 Å². The predicted molar refractivity (Wildman–Crippen MR) is 73.3 cm³/mol. The van der Waals surface area contributed by atoms with Crippen molar-refractivity contribution in [2.24, 2.45) is 0 Å². The lowest BCUT2D eigenvalue weighted by Crippen LogP contribution is -2.45. The largest absolute Gasteiger partial charge is 0.381 e. The molecule has 1 unspecified atom stereocenters. The molecule has 2 heterocycles. The highest BCUT2D eigenvalue weighted by Crippen LogP contribution is 2.26. The summed E-state index contributed by atoms with van der Waals surface area (Å²) in [6.45, 7) is 3.40. The van der Waals surface area contributed by atoms with Crippen molar-refractivity contribution in [2.75, 3.05) is 13.2 Å². The first-order valence-electron chi connectivity index (χ1n) is 6.05. The molecule has 1 aliphatic heterocycles. The lowest BCUT2D eigenvalue weighted by molar-refractivity contribution is 0.0800. The maximum absolute atomic E-state index is 11.8. The minimum atomic E-state index is -0.126. The Labute approximate surface area is 116 Å². The number of thiophene rings is 1. The second-order valence-electron chi connectivity index (χ2n) is 4.37. The summed E-state index contributed by atoms with van der Waals surface area (Å²) >= 11 is 7.36. The van der Waals surface area contributed by atoms with Gasteiger partial charge in [0.05, 0.1) is 10.4 Å². The number of amides is 2. The molecular formula is C12H17ClN2O2S. The van der Waals surface area contributed by atoms with Gasteiger partial charge in [-0.25, -0.2) is 4.79 Å². The number of halogens is 1.